The topological polar surface area (TPSA) is 111 Å². The molecule has 2 unspecified atom stereocenters. The van der Waals surface area contributed by atoms with Crippen LogP contribution in [0.4, 0.5) is 0 Å². The van der Waals surface area contributed by atoms with E-state index in [0.29, 0.717) is 17.4 Å². The summed E-state index contributed by atoms with van der Waals surface area (Å²) in [6, 6.07) is 0. The van der Waals surface area contributed by atoms with Crippen LogP contribution in [0.5, 0.6) is 0 Å². The molecule has 564 valence electrons. The van der Waals surface area contributed by atoms with E-state index in [-0.39, 0.29) is 32.0 Å². The molecule has 0 saturated carbocycles. The predicted octanol–water partition coefficient (Wildman–Crippen LogP) is 27.4. The highest BCUT2D eigenvalue weighted by Gasteiger charge is 2.22. The number of quaternary nitrogens is 1. The second-order valence-electron chi connectivity index (χ2n) is 29.8. The number of carbonyl (C=O) groups excluding carboxylic acids is 2. The van der Waals surface area contributed by atoms with Crippen LogP contribution in [0.1, 0.15) is 425 Å². The fraction of sp³-hybridized carbons (Fsp3) is 0.860. The van der Waals surface area contributed by atoms with Crippen molar-refractivity contribution in [2.24, 2.45) is 0 Å². The van der Waals surface area contributed by atoms with Crippen LogP contribution in [0.2, 0.25) is 0 Å². The quantitative estimate of drug-likeness (QED) is 0.0195. The number of hydrogen-bond acceptors (Lipinski definition) is 8. The van der Waals surface area contributed by atoms with Crippen LogP contribution < -0.4 is 4.89 Å². The summed E-state index contributed by atoms with van der Waals surface area (Å²) in [5.74, 6) is -0.811. The minimum absolute atomic E-state index is 0.0289. The van der Waals surface area contributed by atoms with Crippen LogP contribution in [0.25, 0.3) is 0 Å². The van der Waals surface area contributed by atoms with Crippen molar-refractivity contribution in [1.82, 2.24) is 0 Å². The summed E-state index contributed by atoms with van der Waals surface area (Å²) in [7, 11) is 1.19. The number of unbranched alkanes of at least 4 members (excludes halogenated alkanes) is 55. The molecule has 9 nitrogen and oxygen atoms in total. The lowest BCUT2D eigenvalue weighted by molar-refractivity contribution is -0.870. The molecule has 2 atom stereocenters. The zero-order valence-corrected chi connectivity index (χ0v) is 65.5. The van der Waals surface area contributed by atoms with Crippen molar-refractivity contribution in [3.05, 3.63) is 60.8 Å². The summed E-state index contributed by atoms with van der Waals surface area (Å²) in [5.41, 5.74) is 0. The number of phosphoric acid groups is 1. The van der Waals surface area contributed by atoms with Crippen molar-refractivity contribution < 1.29 is 42.1 Å². The van der Waals surface area contributed by atoms with Crippen LogP contribution in [0, 0.1) is 0 Å². The summed E-state index contributed by atoms with van der Waals surface area (Å²) in [6.45, 7) is 4.29. The SMILES string of the molecule is CCCCCCC/C=C\C/C=C\C/C=C\CCCCCCCCCCCCCCCCCCC(=O)OC(COC(=O)CCCCCCCCCCCCCCCCCCCCCCCCCCCCCCC/C=C\C/C=C\CCCCCCC)COP(=O)([O-])OCC[N+](C)(C)C. The lowest BCUT2D eigenvalue weighted by atomic mass is 10.0. The predicted molar refractivity (Wildman–Crippen MR) is 416 cm³/mol. The van der Waals surface area contributed by atoms with E-state index in [2.05, 4.69) is 74.6 Å². The number of phosphoric ester groups is 1. The van der Waals surface area contributed by atoms with Gasteiger partial charge in [-0.05, 0) is 83.5 Å². The number of likely N-dealkylation sites (N-methyl/N-ethyl adjacent to an activating group) is 1. The zero-order valence-electron chi connectivity index (χ0n) is 64.6. The van der Waals surface area contributed by atoms with Gasteiger partial charge in [-0.25, -0.2) is 0 Å². The molecule has 96 heavy (non-hydrogen) atoms. The molecule has 0 aromatic heterocycles. The standard InChI is InChI=1S/C86H162NO8P/c1-6-8-10-12-14-16-18-20-22-24-26-28-30-32-34-36-38-39-40-41-42-43-44-45-46-47-49-50-52-54-56-58-60-62-64-66-68-70-72-74-76-78-85(88)92-82-84(83-94-96(90,91)93-81-80-87(3,4)5)95-86(89)79-77-75-73-71-69-67-65-63-61-59-57-55-53-51-48-37-35-33-31-29-27-25-23-21-19-17-15-13-11-9-7-2/h18-21,24-27,31,33,84H,6-17,22-23,28-30,32,34-83H2,1-5H3/b20-18-,21-19-,26-24-,27-25-,33-31-. The molecule has 10 heteroatoms. The van der Waals surface area contributed by atoms with Gasteiger partial charge in [-0.1, -0.05) is 389 Å². The van der Waals surface area contributed by atoms with Crippen LogP contribution >= 0.6 is 7.82 Å². The molecular weight excluding hydrogens is 1210 g/mol. The first-order valence-electron chi connectivity index (χ1n) is 42.0. The van der Waals surface area contributed by atoms with E-state index in [4.69, 9.17) is 18.5 Å². The molecule has 0 rings (SSSR count). The number of esters is 2. The van der Waals surface area contributed by atoms with E-state index in [1.54, 1.807) is 0 Å². The fourth-order valence-electron chi connectivity index (χ4n) is 12.6. The minimum atomic E-state index is -4.65. The van der Waals surface area contributed by atoms with Crippen molar-refractivity contribution in [3.8, 4) is 0 Å². The zero-order chi connectivity index (χ0) is 69.7. The van der Waals surface area contributed by atoms with Crippen LogP contribution in [-0.2, 0) is 32.7 Å². The van der Waals surface area contributed by atoms with Crippen LogP contribution in [-0.4, -0.2) is 70.0 Å². The Balaban J connectivity index is 3.87. The highest BCUT2D eigenvalue weighted by Crippen LogP contribution is 2.38. The first-order chi connectivity index (χ1) is 47.0. The third-order valence-electron chi connectivity index (χ3n) is 19.0. The third-order valence-corrected chi connectivity index (χ3v) is 20.0. The monoisotopic (exact) mass is 1370 g/mol. The maximum atomic E-state index is 12.9. The Kier molecular flexibility index (Phi) is 75.0. The smallest absolute Gasteiger partial charge is 0.306 e. The Morgan fingerprint density at radius 1 is 0.323 bits per heavy atom. The van der Waals surface area contributed by atoms with Gasteiger partial charge in [0.25, 0.3) is 7.82 Å². The summed E-state index contributed by atoms with van der Waals surface area (Å²) < 4.78 is 34.4. The van der Waals surface area contributed by atoms with Gasteiger partial charge in [0.05, 0.1) is 27.7 Å². The molecule has 0 spiro atoms. The Bertz CT molecular complexity index is 1800. The molecule has 0 aliphatic rings. The van der Waals surface area contributed by atoms with Crippen LogP contribution in [0.15, 0.2) is 60.8 Å². The Labute approximate surface area is 597 Å². The molecule has 0 bridgehead atoms. The number of allylic oxidation sites excluding steroid dienone is 10. The van der Waals surface area contributed by atoms with Gasteiger partial charge < -0.3 is 27.9 Å². The van der Waals surface area contributed by atoms with E-state index in [0.717, 1.165) is 57.8 Å². The highest BCUT2D eigenvalue weighted by molar-refractivity contribution is 7.45. The molecular formula is C86H162NO8P. The molecule has 0 fully saturated rings. The van der Waals surface area contributed by atoms with Crippen molar-refractivity contribution in [1.29, 1.82) is 0 Å². The molecule has 0 aromatic rings. The number of ether oxygens (including phenoxy) is 2. The lowest BCUT2D eigenvalue weighted by Crippen LogP contribution is -2.37. The van der Waals surface area contributed by atoms with Gasteiger partial charge in [0.15, 0.2) is 6.10 Å². The first kappa shape index (κ1) is 93.7. The van der Waals surface area contributed by atoms with E-state index < -0.39 is 26.5 Å². The number of rotatable bonds is 79. The number of hydrogen-bond donors (Lipinski definition) is 0. The molecule has 0 radical (unpaired) electrons. The minimum Gasteiger partial charge on any atom is -0.756 e. The van der Waals surface area contributed by atoms with Gasteiger partial charge in [0.2, 0.25) is 0 Å². The molecule has 0 aromatic carbocycles. The average Bonchev–Trinajstić information content (AvgIpc) is 1.97. The third kappa shape index (κ3) is 80.7. The van der Waals surface area contributed by atoms with Gasteiger partial charge in [0, 0.05) is 12.8 Å². The molecule has 0 N–H and O–H groups in total. The Morgan fingerprint density at radius 2 is 0.562 bits per heavy atom. The number of carbonyl (C=O) groups is 2. The maximum Gasteiger partial charge on any atom is 0.306 e. The molecule has 0 saturated heterocycles. The van der Waals surface area contributed by atoms with Crippen LogP contribution in [0.3, 0.4) is 0 Å². The van der Waals surface area contributed by atoms with E-state index in [1.807, 2.05) is 21.1 Å². The highest BCUT2D eigenvalue weighted by atomic mass is 31.2. The van der Waals surface area contributed by atoms with Gasteiger partial charge in [-0.15, -0.1) is 0 Å². The van der Waals surface area contributed by atoms with Crippen molar-refractivity contribution in [2.75, 3.05) is 47.5 Å². The molecule has 0 heterocycles. The number of nitrogens with zero attached hydrogens (tertiary/aromatic N) is 1. The summed E-state index contributed by atoms with van der Waals surface area (Å²) >= 11 is 0. The van der Waals surface area contributed by atoms with Gasteiger partial charge in [-0.2, -0.15) is 0 Å². The Hall–Kier alpha value is -2.29. The normalized spacial score (nSPS) is 13.3. The van der Waals surface area contributed by atoms with E-state index >= 15 is 0 Å². The molecule has 0 aliphatic carbocycles. The van der Waals surface area contributed by atoms with Crippen molar-refractivity contribution in [2.45, 2.75) is 431 Å². The van der Waals surface area contributed by atoms with E-state index in [9.17, 15) is 19.0 Å². The fourth-order valence-corrected chi connectivity index (χ4v) is 13.3. The molecule has 0 aliphatic heterocycles. The second kappa shape index (κ2) is 76.9. The average molecular weight is 1370 g/mol. The van der Waals surface area contributed by atoms with Crippen molar-refractivity contribution >= 4 is 19.8 Å². The first-order valence-corrected chi connectivity index (χ1v) is 43.5. The van der Waals surface area contributed by atoms with E-state index in [1.165, 1.54) is 334 Å². The van der Waals surface area contributed by atoms with Gasteiger partial charge >= 0.3 is 11.9 Å². The second-order valence-corrected chi connectivity index (χ2v) is 31.3. The van der Waals surface area contributed by atoms with Gasteiger partial charge in [-0.3, -0.25) is 14.2 Å². The largest absolute Gasteiger partial charge is 0.756 e. The lowest BCUT2D eigenvalue weighted by Gasteiger charge is -2.28. The summed E-state index contributed by atoms with van der Waals surface area (Å²) in [4.78, 5) is 38.2. The molecule has 0 amide bonds. The maximum absolute atomic E-state index is 12.9. The summed E-state index contributed by atoms with van der Waals surface area (Å²) in [6.07, 6.45) is 104. The Morgan fingerprint density at radius 3 is 0.833 bits per heavy atom. The van der Waals surface area contributed by atoms with Gasteiger partial charge in [0.1, 0.15) is 19.8 Å². The van der Waals surface area contributed by atoms with Crippen molar-refractivity contribution in [3.63, 3.8) is 0 Å². The summed E-state index contributed by atoms with van der Waals surface area (Å²) in [5, 5.41) is 0.